The molecule has 0 aromatic carbocycles. The highest BCUT2D eigenvalue weighted by molar-refractivity contribution is 5.77. The summed E-state index contributed by atoms with van der Waals surface area (Å²) in [5.41, 5.74) is 7.96. The number of rotatable bonds is 5. The lowest BCUT2D eigenvalue weighted by Crippen LogP contribution is -2.36. The van der Waals surface area contributed by atoms with E-state index < -0.39 is 0 Å². The van der Waals surface area contributed by atoms with Crippen LogP contribution in [0.15, 0.2) is 11.1 Å². The first kappa shape index (κ1) is 13.5. The number of hydrogen-bond donors (Lipinski definition) is 2. The molecule has 5 nitrogen and oxygen atoms in total. The minimum atomic E-state index is 0.328. The molecule has 0 saturated heterocycles. The van der Waals surface area contributed by atoms with Crippen LogP contribution in [-0.4, -0.2) is 28.3 Å². The number of aromatic nitrogens is 2. The number of nitrogens with two attached hydrogens (primary N) is 1. The maximum atomic E-state index is 5.70. The van der Waals surface area contributed by atoms with Crippen LogP contribution in [0.25, 0.3) is 0 Å². The van der Waals surface area contributed by atoms with Crippen molar-refractivity contribution in [3.05, 3.63) is 17.5 Å². The Hall–Kier alpha value is -1.52. The van der Waals surface area contributed by atoms with Gasteiger partial charge >= 0.3 is 0 Å². The van der Waals surface area contributed by atoms with Gasteiger partial charge in [-0.2, -0.15) is 5.10 Å². The topological polar surface area (TPSA) is 68.2 Å². The van der Waals surface area contributed by atoms with Crippen LogP contribution in [0.5, 0.6) is 0 Å². The molecule has 0 radical (unpaired) electrons. The van der Waals surface area contributed by atoms with Crippen molar-refractivity contribution in [2.24, 2.45) is 10.7 Å². The number of aryl methyl sites for hydroxylation is 3. The van der Waals surface area contributed by atoms with Crippen LogP contribution in [0.1, 0.15) is 31.7 Å². The van der Waals surface area contributed by atoms with Crippen molar-refractivity contribution < 1.29 is 0 Å². The number of guanidine groups is 1. The summed E-state index contributed by atoms with van der Waals surface area (Å²) < 4.78 is 2.01. The van der Waals surface area contributed by atoms with Crippen molar-refractivity contribution in [1.82, 2.24) is 15.1 Å². The monoisotopic (exact) mass is 237 g/mol. The summed E-state index contributed by atoms with van der Waals surface area (Å²) in [5.74, 6) is 0.522. The van der Waals surface area contributed by atoms with E-state index in [2.05, 4.69) is 28.4 Å². The quantitative estimate of drug-likeness (QED) is 0.459. The molecule has 1 aromatic rings. The average Bonchev–Trinajstić information content (AvgIpc) is 2.51. The Kier molecular flexibility index (Phi) is 5.00. The van der Waals surface area contributed by atoms with Gasteiger partial charge in [-0.3, -0.25) is 9.67 Å². The van der Waals surface area contributed by atoms with Gasteiger partial charge in [-0.15, -0.1) is 0 Å². The molecule has 0 unspecified atom stereocenters. The fourth-order valence-electron chi connectivity index (χ4n) is 1.66. The molecule has 1 aromatic heterocycles. The third-order valence-corrected chi connectivity index (χ3v) is 2.35. The second kappa shape index (κ2) is 6.27. The van der Waals surface area contributed by atoms with Crippen molar-refractivity contribution in [2.75, 3.05) is 6.54 Å². The van der Waals surface area contributed by atoms with Gasteiger partial charge in [0.25, 0.3) is 0 Å². The molecule has 1 heterocycles. The SMILES string of the molecule is Cc1cc(C)n(CCCN=C(N)NC(C)C)n1. The normalized spacial score (nSPS) is 12.2. The van der Waals surface area contributed by atoms with Gasteiger partial charge in [0.15, 0.2) is 5.96 Å². The Morgan fingerprint density at radius 1 is 1.53 bits per heavy atom. The van der Waals surface area contributed by atoms with Crippen molar-refractivity contribution in [3.63, 3.8) is 0 Å². The summed E-state index contributed by atoms with van der Waals surface area (Å²) in [7, 11) is 0. The first-order valence-electron chi connectivity index (χ1n) is 6.06. The van der Waals surface area contributed by atoms with Crippen molar-refractivity contribution >= 4 is 5.96 Å². The zero-order valence-corrected chi connectivity index (χ0v) is 11.2. The second-order valence-corrected chi connectivity index (χ2v) is 4.57. The number of hydrogen-bond acceptors (Lipinski definition) is 2. The predicted octanol–water partition coefficient (Wildman–Crippen LogP) is 1.20. The molecule has 3 N–H and O–H groups in total. The molecule has 0 bridgehead atoms. The predicted molar refractivity (Wildman–Crippen MR) is 71.1 cm³/mol. The zero-order chi connectivity index (χ0) is 12.8. The van der Waals surface area contributed by atoms with Crippen LogP contribution >= 0.6 is 0 Å². The van der Waals surface area contributed by atoms with E-state index in [-0.39, 0.29) is 0 Å². The Bertz CT molecular complexity index is 378. The molecule has 0 fully saturated rings. The third kappa shape index (κ3) is 4.89. The van der Waals surface area contributed by atoms with E-state index >= 15 is 0 Å². The zero-order valence-electron chi connectivity index (χ0n) is 11.2. The minimum Gasteiger partial charge on any atom is -0.370 e. The largest absolute Gasteiger partial charge is 0.370 e. The fraction of sp³-hybridized carbons (Fsp3) is 0.667. The molecule has 0 atom stereocenters. The van der Waals surface area contributed by atoms with Crippen LogP contribution in [0.3, 0.4) is 0 Å². The highest BCUT2D eigenvalue weighted by atomic mass is 15.3. The number of nitrogens with zero attached hydrogens (tertiary/aromatic N) is 3. The third-order valence-electron chi connectivity index (χ3n) is 2.35. The van der Waals surface area contributed by atoms with Gasteiger partial charge in [-0.25, -0.2) is 0 Å². The highest BCUT2D eigenvalue weighted by Crippen LogP contribution is 2.02. The molecule has 0 saturated carbocycles. The van der Waals surface area contributed by atoms with Crippen LogP contribution in [-0.2, 0) is 6.54 Å². The molecule has 0 aliphatic rings. The molecule has 0 spiro atoms. The first-order chi connectivity index (χ1) is 7.99. The molecule has 0 aliphatic heterocycles. The average molecular weight is 237 g/mol. The molecule has 1 rings (SSSR count). The number of aliphatic imine (C=N–C) groups is 1. The van der Waals surface area contributed by atoms with Crippen LogP contribution in [0, 0.1) is 13.8 Å². The van der Waals surface area contributed by atoms with E-state index in [4.69, 9.17) is 5.73 Å². The van der Waals surface area contributed by atoms with Gasteiger partial charge < -0.3 is 11.1 Å². The summed E-state index contributed by atoms with van der Waals surface area (Å²) in [4.78, 5) is 4.26. The van der Waals surface area contributed by atoms with Gasteiger partial charge in [0.1, 0.15) is 0 Å². The molecular weight excluding hydrogens is 214 g/mol. The Morgan fingerprint density at radius 3 is 2.76 bits per heavy atom. The van der Waals surface area contributed by atoms with Crippen LogP contribution in [0.2, 0.25) is 0 Å². The van der Waals surface area contributed by atoms with Gasteiger partial charge in [0, 0.05) is 24.8 Å². The summed E-state index contributed by atoms with van der Waals surface area (Å²) in [5, 5.41) is 7.46. The van der Waals surface area contributed by atoms with E-state index in [0.29, 0.717) is 12.0 Å². The van der Waals surface area contributed by atoms with Gasteiger partial charge in [-0.1, -0.05) is 0 Å². The summed E-state index contributed by atoms with van der Waals surface area (Å²) in [6.45, 7) is 9.77. The Morgan fingerprint density at radius 2 is 2.24 bits per heavy atom. The van der Waals surface area contributed by atoms with Gasteiger partial charge in [0.2, 0.25) is 0 Å². The van der Waals surface area contributed by atoms with E-state index in [1.54, 1.807) is 0 Å². The maximum Gasteiger partial charge on any atom is 0.188 e. The van der Waals surface area contributed by atoms with Crippen molar-refractivity contribution in [2.45, 2.75) is 46.7 Å². The lowest BCUT2D eigenvalue weighted by atomic mass is 10.4. The van der Waals surface area contributed by atoms with E-state index in [0.717, 1.165) is 25.2 Å². The van der Waals surface area contributed by atoms with Gasteiger partial charge in [0.05, 0.1) is 5.69 Å². The van der Waals surface area contributed by atoms with Crippen LogP contribution < -0.4 is 11.1 Å². The van der Waals surface area contributed by atoms with E-state index in [1.165, 1.54) is 5.69 Å². The van der Waals surface area contributed by atoms with E-state index in [1.807, 2.05) is 25.5 Å². The fourth-order valence-corrected chi connectivity index (χ4v) is 1.66. The molecule has 0 aliphatic carbocycles. The lowest BCUT2D eigenvalue weighted by Gasteiger charge is -2.08. The Balaban J connectivity index is 2.31. The lowest BCUT2D eigenvalue weighted by molar-refractivity contribution is 0.567. The maximum absolute atomic E-state index is 5.70. The summed E-state index contributed by atoms with van der Waals surface area (Å²) >= 11 is 0. The van der Waals surface area contributed by atoms with Crippen LogP contribution in [0.4, 0.5) is 0 Å². The van der Waals surface area contributed by atoms with E-state index in [9.17, 15) is 0 Å². The molecule has 5 heteroatoms. The summed E-state index contributed by atoms with van der Waals surface area (Å²) in [6.07, 6.45) is 0.947. The first-order valence-corrected chi connectivity index (χ1v) is 6.06. The highest BCUT2D eigenvalue weighted by Gasteiger charge is 2.00. The molecular formula is C12H23N5. The Labute approximate surface area is 103 Å². The standard InChI is InChI=1S/C12H23N5/c1-9(2)15-12(13)14-6-5-7-17-11(4)8-10(3)16-17/h8-9H,5-7H2,1-4H3,(H3,13,14,15). The smallest absolute Gasteiger partial charge is 0.188 e. The second-order valence-electron chi connectivity index (χ2n) is 4.57. The van der Waals surface area contributed by atoms with Crippen molar-refractivity contribution in [3.8, 4) is 0 Å². The molecule has 17 heavy (non-hydrogen) atoms. The molecule has 96 valence electrons. The summed E-state index contributed by atoms with van der Waals surface area (Å²) in [6, 6.07) is 2.41. The number of nitrogens with one attached hydrogen (secondary N) is 1. The molecule has 0 amide bonds. The van der Waals surface area contributed by atoms with Gasteiger partial charge in [-0.05, 0) is 40.2 Å². The minimum absolute atomic E-state index is 0.328. The van der Waals surface area contributed by atoms with Crippen molar-refractivity contribution in [1.29, 1.82) is 0 Å².